The fraction of sp³-hybridized carbons (Fsp3) is 0.216. The summed E-state index contributed by atoms with van der Waals surface area (Å²) in [7, 11) is 0. The normalized spacial score (nSPS) is 16.8. The van der Waals surface area contributed by atoms with Gasteiger partial charge in [-0.2, -0.15) is 22.7 Å². The van der Waals surface area contributed by atoms with Crippen LogP contribution in [0.15, 0.2) is 107 Å². The van der Waals surface area contributed by atoms with Crippen molar-refractivity contribution < 1.29 is 31.4 Å². The molecule has 5 aromatic rings. The summed E-state index contributed by atoms with van der Waals surface area (Å²) >= 11 is 0. The van der Waals surface area contributed by atoms with E-state index in [-0.39, 0.29) is 22.9 Å². The first-order valence-electron chi connectivity index (χ1n) is 16.2. The highest BCUT2D eigenvalue weighted by molar-refractivity contribution is 6.48. The number of hydrogen-bond acceptors (Lipinski definition) is 8. The van der Waals surface area contributed by atoms with Gasteiger partial charge in [-0.05, 0) is 67.6 Å². The van der Waals surface area contributed by atoms with E-state index in [1.807, 2.05) is 66.4 Å². The third-order valence-electron chi connectivity index (χ3n) is 9.11. The third kappa shape index (κ3) is 6.00. The van der Waals surface area contributed by atoms with Gasteiger partial charge in [0.2, 0.25) is 0 Å². The highest BCUT2D eigenvalue weighted by Gasteiger charge is 2.44. The average Bonchev–Trinajstić information content (AvgIpc) is 3.46. The third-order valence-corrected chi connectivity index (χ3v) is 9.11. The van der Waals surface area contributed by atoms with Crippen LogP contribution in [0.25, 0.3) is 5.69 Å². The molecule has 4 aromatic carbocycles. The minimum absolute atomic E-state index is 0.262. The number of aromatic nitrogens is 2. The predicted octanol–water partition coefficient (Wildman–Crippen LogP) is 8.03. The first-order valence-corrected chi connectivity index (χ1v) is 16.2. The second kappa shape index (κ2) is 13.1. The van der Waals surface area contributed by atoms with Gasteiger partial charge in [0.15, 0.2) is 17.5 Å². The number of ether oxygens (including phenoxy) is 2. The topological polar surface area (TPSA) is 70.7 Å². The van der Waals surface area contributed by atoms with Gasteiger partial charge in [0.25, 0.3) is 0 Å². The van der Waals surface area contributed by atoms with Crippen LogP contribution in [0.2, 0.25) is 0 Å². The Morgan fingerprint density at radius 3 is 2.12 bits per heavy atom. The predicted molar refractivity (Wildman–Crippen MR) is 183 cm³/mol. The summed E-state index contributed by atoms with van der Waals surface area (Å²) in [6, 6.07) is 26.2. The average molecular weight is 700 g/mol. The first kappa shape index (κ1) is 32.3. The molecule has 51 heavy (non-hydrogen) atoms. The van der Waals surface area contributed by atoms with Crippen molar-refractivity contribution in [3.05, 3.63) is 120 Å². The Kier molecular flexibility index (Phi) is 8.28. The van der Waals surface area contributed by atoms with Crippen LogP contribution in [0, 0.1) is 12.7 Å². The Bertz CT molecular complexity index is 2130. The zero-order valence-electron chi connectivity index (χ0n) is 27.1. The lowest BCUT2D eigenvalue weighted by atomic mass is 9.92. The number of halogens is 5. The van der Waals surface area contributed by atoms with Crippen LogP contribution in [0.5, 0.6) is 11.5 Å². The molecule has 1 atom stereocenters. The summed E-state index contributed by atoms with van der Waals surface area (Å²) in [6.45, 7) is -2.26. The molecule has 0 N–H and O–H groups in total. The number of alkyl halides is 4. The molecule has 14 heteroatoms. The SMILES string of the molecule is Cc1nn(-c2ccccc2)c2c1[C@H](c1ccc(OC(F)F)cc1OC(F)F)N1C(=N2)C(N2CCN(c3ccc(F)cc3)CC2)=Nc2ccccc21. The highest BCUT2D eigenvalue weighted by Crippen LogP contribution is 2.50. The van der Waals surface area contributed by atoms with Crippen molar-refractivity contribution >= 4 is 34.6 Å². The number of para-hydroxylation sites is 3. The van der Waals surface area contributed by atoms with Crippen molar-refractivity contribution in [3.63, 3.8) is 0 Å². The molecule has 8 rings (SSSR count). The van der Waals surface area contributed by atoms with Crippen molar-refractivity contribution in [2.45, 2.75) is 26.2 Å². The number of nitrogens with zero attached hydrogens (tertiary/aromatic N) is 7. The number of rotatable bonds is 7. The van der Waals surface area contributed by atoms with E-state index in [1.165, 1.54) is 24.3 Å². The van der Waals surface area contributed by atoms with E-state index < -0.39 is 19.3 Å². The second-order valence-electron chi connectivity index (χ2n) is 12.1. The van der Waals surface area contributed by atoms with Crippen molar-refractivity contribution in [1.29, 1.82) is 0 Å². The standard InChI is InChI=1S/C37H30F5N7O2/c1-22-31-32(27-16-15-26(50-36(39)40)21-30(27)51-37(41)42)48-29-10-6-5-9-28(29)43-34(35(48)44-33(31)49(45-22)25-7-3-2-4-8-25)47-19-17-46(18-20-47)24-13-11-23(38)12-14-24/h2-16,21,32,36-37H,17-20H2,1H3/t32-/m0/s1. The molecule has 3 aliphatic rings. The van der Waals surface area contributed by atoms with Gasteiger partial charge in [-0.1, -0.05) is 30.3 Å². The van der Waals surface area contributed by atoms with E-state index in [9.17, 15) is 22.0 Å². The van der Waals surface area contributed by atoms with Crippen molar-refractivity contribution in [2.24, 2.45) is 9.98 Å². The summed E-state index contributed by atoms with van der Waals surface area (Å²) in [5, 5.41) is 4.87. The van der Waals surface area contributed by atoms with E-state index in [0.717, 1.165) is 17.4 Å². The molecule has 0 aliphatic carbocycles. The van der Waals surface area contributed by atoms with Crippen LogP contribution in [-0.4, -0.2) is 65.8 Å². The van der Waals surface area contributed by atoms with Crippen molar-refractivity contribution in [2.75, 3.05) is 36.0 Å². The summed E-state index contributed by atoms with van der Waals surface area (Å²) in [5.74, 6) is 0.515. The van der Waals surface area contributed by atoms with Crippen LogP contribution in [0.3, 0.4) is 0 Å². The molecular formula is C37H30F5N7O2. The lowest BCUT2D eigenvalue weighted by molar-refractivity contribution is -0.0547. The fourth-order valence-corrected chi connectivity index (χ4v) is 6.90. The largest absolute Gasteiger partial charge is 0.435 e. The van der Waals surface area contributed by atoms with E-state index in [2.05, 4.69) is 14.5 Å². The minimum Gasteiger partial charge on any atom is -0.435 e. The second-order valence-corrected chi connectivity index (χ2v) is 12.1. The lowest BCUT2D eigenvalue weighted by Crippen LogP contribution is -2.55. The van der Waals surface area contributed by atoms with E-state index in [4.69, 9.17) is 19.8 Å². The molecule has 4 heterocycles. The summed E-state index contributed by atoms with van der Waals surface area (Å²) < 4.78 is 79.4. The van der Waals surface area contributed by atoms with Gasteiger partial charge in [-0.3, -0.25) is 0 Å². The smallest absolute Gasteiger partial charge is 0.387 e. The summed E-state index contributed by atoms with van der Waals surface area (Å²) in [5.41, 5.74) is 4.37. The molecule has 0 unspecified atom stereocenters. The minimum atomic E-state index is -3.25. The van der Waals surface area contributed by atoms with Gasteiger partial charge in [-0.25, -0.2) is 19.1 Å². The molecule has 260 valence electrons. The first-order chi connectivity index (χ1) is 24.7. The van der Waals surface area contributed by atoms with Crippen LogP contribution in [-0.2, 0) is 0 Å². The zero-order chi connectivity index (χ0) is 35.2. The van der Waals surface area contributed by atoms with E-state index in [0.29, 0.717) is 66.3 Å². The maximum absolute atomic E-state index is 14.0. The zero-order valence-corrected chi connectivity index (χ0v) is 27.1. The monoisotopic (exact) mass is 699 g/mol. The molecule has 1 saturated heterocycles. The van der Waals surface area contributed by atoms with Gasteiger partial charge in [-0.15, -0.1) is 0 Å². The highest BCUT2D eigenvalue weighted by atomic mass is 19.3. The molecule has 0 radical (unpaired) electrons. The van der Waals surface area contributed by atoms with Crippen LogP contribution < -0.4 is 19.3 Å². The number of hydrogen-bond donors (Lipinski definition) is 0. The molecular weight excluding hydrogens is 669 g/mol. The molecule has 0 spiro atoms. The van der Waals surface area contributed by atoms with Gasteiger partial charge in [0.05, 0.1) is 28.8 Å². The summed E-state index contributed by atoms with van der Waals surface area (Å²) in [6.07, 6.45) is 0. The number of aliphatic imine (C=N–C) groups is 2. The number of fused-ring (bicyclic) bond motifs is 4. The molecule has 1 fully saturated rings. The lowest BCUT2D eigenvalue weighted by Gasteiger charge is -2.44. The Hall–Kier alpha value is -5.92. The van der Waals surface area contributed by atoms with Crippen molar-refractivity contribution in [1.82, 2.24) is 14.7 Å². The maximum Gasteiger partial charge on any atom is 0.387 e. The number of anilines is 2. The Labute approximate surface area is 289 Å². The van der Waals surface area contributed by atoms with Gasteiger partial charge in [0, 0.05) is 49.1 Å². The van der Waals surface area contributed by atoms with Crippen molar-refractivity contribution in [3.8, 4) is 17.2 Å². The van der Waals surface area contributed by atoms with Gasteiger partial charge in [0.1, 0.15) is 17.3 Å². The molecule has 3 aliphatic heterocycles. The maximum atomic E-state index is 14.0. The summed E-state index contributed by atoms with van der Waals surface area (Å²) in [4.78, 5) is 16.6. The number of aryl methyl sites for hydroxylation is 1. The van der Waals surface area contributed by atoms with E-state index in [1.54, 1.807) is 16.8 Å². The molecule has 0 saturated carbocycles. The number of piperazine rings is 1. The molecule has 0 amide bonds. The Balaban J connectivity index is 1.30. The number of amidine groups is 2. The van der Waals surface area contributed by atoms with Gasteiger partial charge >= 0.3 is 13.2 Å². The molecule has 9 nitrogen and oxygen atoms in total. The molecule has 0 bridgehead atoms. The Morgan fingerprint density at radius 2 is 1.39 bits per heavy atom. The van der Waals surface area contributed by atoms with Crippen LogP contribution in [0.4, 0.5) is 44.8 Å². The van der Waals surface area contributed by atoms with Gasteiger partial charge < -0.3 is 24.2 Å². The quantitative estimate of drug-likeness (QED) is 0.160. The molecule has 1 aromatic heterocycles. The fourth-order valence-electron chi connectivity index (χ4n) is 6.90. The Morgan fingerprint density at radius 1 is 0.706 bits per heavy atom. The number of benzene rings is 4. The van der Waals surface area contributed by atoms with E-state index >= 15 is 0 Å². The van der Waals surface area contributed by atoms with Crippen LogP contribution >= 0.6 is 0 Å². The van der Waals surface area contributed by atoms with Crippen LogP contribution in [0.1, 0.15) is 22.9 Å².